The SMILES string of the molecule is COc1ccc(C(C)C(=O)Cl)cc1-c1ccc(C(F)(F)F)cc1CNCCC(=O)C1CC1. The number of methoxy groups -OCH3 is 1. The smallest absolute Gasteiger partial charge is 0.416 e. The molecule has 172 valence electrons. The number of hydrogen-bond donors (Lipinski definition) is 1. The van der Waals surface area contributed by atoms with Gasteiger partial charge in [0, 0.05) is 31.0 Å². The lowest BCUT2D eigenvalue weighted by atomic mass is 9.92. The number of ketones is 1. The Labute approximate surface area is 190 Å². The van der Waals surface area contributed by atoms with E-state index in [0.717, 1.165) is 25.0 Å². The van der Waals surface area contributed by atoms with E-state index in [1.165, 1.54) is 13.2 Å². The predicted molar refractivity (Wildman–Crippen MR) is 117 cm³/mol. The van der Waals surface area contributed by atoms with Crippen LogP contribution in [0.3, 0.4) is 0 Å². The van der Waals surface area contributed by atoms with Crippen LogP contribution in [0.1, 0.15) is 48.8 Å². The molecule has 0 radical (unpaired) electrons. The first kappa shape index (κ1) is 24.3. The van der Waals surface area contributed by atoms with Crippen molar-refractivity contribution in [1.29, 1.82) is 0 Å². The van der Waals surface area contributed by atoms with E-state index in [2.05, 4.69) is 5.32 Å². The molecule has 0 spiro atoms. The third kappa shape index (κ3) is 5.90. The first-order valence-electron chi connectivity index (χ1n) is 10.4. The number of carbonyl (C=O) groups excluding carboxylic acids is 2. The van der Waals surface area contributed by atoms with Gasteiger partial charge >= 0.3 is 6.18 Å². The summed E-state index contributed by atoms with van der Waals surface area (Å²) in [5, 5.41) is 2.56. The molecular formula is C24H25ClF3NO3. The van der Waals surface area contributed by atoms with Crippen molar-refractivity contribution in [3.63, 3.8) is 0 Å². The number of Topliss-reactive ketones (excluding diaryl/α,β-unsaturated/α-hetero) is 1. The fourth-order valence-electron chi connectivity index (χ4n) is 3.56. The molecule has 0 aliphatic heterocycles. The van der Waals surface area contributed by atoms with Crippen LogP contribution in [0.5, 0.6) is 5.75 Å². The zero-order valence-electron chi connectivity index (χ0n) is 17.9. The van der Waals surface area contributed by atoms with Crippen molar-refractivity contribution >= 4 is 22.6 Å². The van der Waals surface area contributed by atoms with Crippen LogP contribution < -0.4 is 10.1 Å². The van der Waals surface area contributed by atoms with Gasteiger partial charge in [-0.3, -0.25) is 9.59 Å². The second kappa shape index (κ2) is 10.0. The molecule has 1 atom stereocenters. The van der Waals surface area contributed by atoms with E-state index in [9.17, 15) is 22.8 Å². The maximum atomic E-state index is 13.4. The van der Waals surface area contributed by atoms with E-state index < -0.39 is 22.9 Å². The lowest BCUT2D eigenvalue weighted by Crippen LogP contribution is -2.19. The highest BCUT2D eigenvalue weighted by Crippen LogP contribution is 2.38. The largest absolute Gasteiger partial charge is 0.496 e. The predicted octanol–water partition coefficient (Wildman–Crippen LogP) is 5.71. The lowest BCUT2D eigenvalue weighted by molar-refractivity contribution is -0.137. The van der Waals surface area contributed by atoms with Crippen LogP contribution in [-0.2, 0) is 22.3 Å². The molecule has 1 fully saturated rings. The number of carbonyl (C=O) groups is 2. The summed E-state index contributed by atoms with van der Waals surface area (Å²) in [7, 11) is 1.47. The zero-order valence-corrected chi connectivity index (χ0v) is 18.6. The van der Waals surface area contributed by atoms with Crippen LogP contribution in [-0.4, -0.2) is 24.7 Å². The van der Waals surface area contributed by atoms with Crippen molar-refractivity contribution in [2.45, 2.75) is 44.8 Å². The lowest BCUT2D eigenvalue weighted by Gasteiger charge is -2.18. The molecule has 1 saturated carbocycles. The van der Waals surface area contributed by atoms with E-state index in [1.54, 1.807) is 25.1 Å². The van der Waals surface area contributed by atoms with Gasteiger partial charge < -0.3 is 10.1 Å². The number of nitrogens with one attached hydrogen (secondary N) is 1. The second-order valence-corrected chi connectivity index (χ2v) is 8.40. The number of ether oxygens (including phenoxy) is 1. The summed E-state index contributed by atoms with van der Waals surface area (Å²) in [4.78, 5) is 23.5. The van der Waals surface area contributed by atoms with Crippen LogP contribution in [0, 0.1) is 5.92 Å². The van der Waals surface area contributed by atoms with E-state index in [4.69, 9.17) is 16.3 Å². The highest BCUT2D eigenvalue weighted by molar-refractivity contribution is 6.64. The Balaban J connectivity index is 1.94. The Kier molecular flexibility index (Phi) is 7.62. The van der Waals surface area contributed by atoms with Gasteiger partial charge in [0.15, 0.2) is 0 Å². The molecule has 8 heteroatoms. The molecule has 1 N–H and O–H groups in total. The molecule has 2 aromatic rings. The van der Waals surface area contributed by atoms with Crippen molar-refractivity contribution < 1.29 is 27.5 Å². The Bertz CT molecular complexity index is 1000. The van der Waals surface area contributed by atoms with E-state index >= 15 is 0 Å². The summed E-state index contributed by atoms with van der Waals surface area (Å²) >= 11 is 5.64. The number of rotatable bonds is 10. The molecule has 1 unspecified atom stereocenters. The van der Waals surface area contributed by atoms with Gasteiger partial charge in [-0.2, -0.15) is 13.2 Å². The summed E-state index contributed by atoms with van der Waals surface area (Å²) in [6.45, 7) is 2.20. The fourth-order valence-corrected chi connectivity index (χ4v) is 3.69. The Morgan fingerprint density at radius 1 is 1.16 bits per heavy atom. The van der Waals surface area contributed by atoms with Gasteiger partial charge in [-0.1, -0.05) is 19.1 Å². The number of halogens is 4. The van der Waals surface area contributed by atoms with Gasteiger partial charge in [0.25, 0.3) is 0 Å². The molecule has 0 amide bonds. The molecule has 0 bridgehead atoms. The van der Waals surface area contributed by atoms with Crippen LogP contribution in [0.15, 0.2) is 36.4 Å². The van der Waals surface area contributed by atoms with Crippen molar-refractivity contribution in [1.82, 2.24) is 5.32 Å². The van der Waals surface area contributed by atoms with Gasteiger partial charge in [0.2, 0.25) is 5.24 Å². The second-order valence-electron chi connectivity index (χ2n) is 8.02. The molecular weight excluding hydrogens is 443 g/mol. The summed E-state index contributed by atoms with van der Waals surface area (Å²) in [6, 6.07) is 8.63. The molecule has 0 heterocycles. The van der Waals surface area contributed by atoms with E-state index in [1.807, 2.05) is 0 Å². The minimum absolute atomic E-state index is 0.147. The average molecular weight is 468 g/mol. The third-order valence-corrected chi connectivity index (χ3v) is 6.01. The van der Waals surface area contributed by atoms with Crippen LogP contribution in [0.2, 0.25) is 0 Å². The molecule has 1 aliphatic rings. The van der Waals surface area contributed by atoms with E-state index in [-0.39, 0.29) is 18.2 Å². The highest BCUT2D eigenvalue weighted by Gasteiger charge is 2.31. The third-order valence-electron chi connectivity index (χ3n) is 5.68. The summed E-state index contributed by atoms with van der Waals surface area (Å²) in [5.74, 6) is 0.231. The molecule has 1 aliphatic carbocycles. The molecule has 0 aromatic heterocycles. The molecule has 2 aromatic carbocycles. The molecule has 32 heavy (non-hydrogen) atoms. The number of benzene rings is 2. The summed E-state index contributed by atoms with van der Waals surface area (Å²) in [5.41, 5.74) is 1.40. The zero-order chi connectivity index (χ0) is 23.5. The molecule has 0 saturated heterocycles. The molecule has 4 nitrogen and oxygen atoms in total. The van der Waals surface area contributed by atoms with Gasteiger partial charge in [-0.15, -0.1) is 0 Å². The summed E-state index contributed by atoms with van der Waals surface area (Å²) < 4.78 is 45.5. The topological polar surface area (TPSA) is 55.4 Å². The first-order valence-corrected chi connectivity index (χ1v) is 10.8. The normalized spacial score (nSPS) is 14.8. The monoisotopic (exact) mass is 467 g/mol. The molecule has 3 rings (SSSR count). The van der Waals surface area contributed by atoms with Gasteiger partial charge in [0.1, 0.15) is 11.5 Å². The Morgan fingerprint density at radius 3 is 2.47 bits per heavy atom. The number of alkyl halides is 3. The van der Waals surface area contributed by atoms with Crippen molar-refractivity contribution in [3.05, 3.63) is 53.1 Å². The summed E-state index contributed by atoms with van der Waals surface area (Å²) in [6.07, 6.45) is -2.28. The maximum absolute atomic E-state index is 13.4. The van der Waals surface area contributed by atoms with Crippen LogP contribution >= 0.6 is 11.6 Å². The standard InChI is InChI=1S/C24H25ClF3NO3/c1-14(23(25)31)16-5-8-22(32-2)20(12-16)19-7-6-18(24(26,27)28)11-17(19)13-29-10-9-21(30)15-3-4-15/h5-8,11-12,14-15,29H,3-4,9-10,13H2,1-2H3. The van der Waals surface area contributed by atoms with Crippen molar-refractivity contribution in [3.8, 4) is 16.9 Å². The Morgan fingerprint density at radius 2 is 1.88 bits per heavy atom. The fraction of sp³-hybridized carbons (Fsp3) is 0.417. The Hall–Kier alpha value is -2.38. The maximum Gasteiger partial charge on any atom is 0.416 e. The van der Waals surface area contributed by atoms with Crippen molar-refractivity contribution in [2.24, 2.45) is 5.92 Å². The first-order chi connectivity index (χ1) is 15.1. The minimum Gasteiger partial charge on any atom is -0.496 e. The van der Waals surface area contributed by atoms with Gasteiger partial charge in [0.05, 0.1) is 18.6 Å². The van der Waals surface area contributed by atoms with Crippen LogP contribution in [0.25, 0.3) is 11.1 Å². The van der Waals surface area contributed by atoms with Crippen molar-refractivity contribution in [2.75, 3.05) is 13.7 Å². The minimum atomic E-state index is -4.49. The van der Waals surface area contributed by atoms with Crippen LogP contribution in [0.4, 0.5) is 13.2 Å². The quantitative estimate of drug-likeness (QED) is 0.359. The average Bonchev–Trinajstić information content (AvgIpc) is 3.60. The van der Waals surface area contributed by atoms with Gasteiger partial charge in [-0.05, 0) is 65.4 Å². The van der Waals surface area contributed by atoms with Gasteiger partial charge in [-0.25, -0.2) is 0 Å². The van der Waals surface area contributed by atoms with E-state index in [0.29, 0.717) is 41.0 Å². The highest BCUT2D eigenvalue weighted by atomic mass is 35.5. The number of hydrogen-bond acceptors (Lipinski definition) is 4.